The molecule has 0 radical (unpaired) electrons. The molecule has 0 spiro atoms. The molecule has 7 nitrogen and oxygen atoms in total. The first-order valence-corrected chi connectivity index (χ1v) is 7.53. The lowest BCUT2D eigenvalue weighted by Gasteiger charge is -2.17. The number of nitrogens with zero attached hydrogens (tertiary/aromatic N) is 1. The van der Waals surface area contributed by atoms with Crippen molar-refractivity contribution < 1.29 is 24.2 Å². The Kier molecular flexibility index (Phi) is 4.47. The quantitative estimate of drug-likeness (QED) is 0.750. The van der Waals surface area contributed by atoms with Gasteiger partial charge in [-0.3, -0.25) is 14.4 Å². The zero-order valence-corrected chi connectivity index (χ0v) is 13.5. The van der Waals surface area contributed by atoms with Crippen LogP contribution in [0, 0.1) is 17.3 Å². The molecule has 2 rings (SSSR count). The molecule has 2 amide bonds. The van der Waals surface area contributed by atoms with E-state index in [0.29, 0.717) is 19.4 Å². The molecule has 22 heavy (non-hydrogen) atoms. The van der Waals surface area contributed by atoms with Crippen LogP contribution in [0.4, 0.5) is 0 Å². The van der Waals surface area contributed by atoms with E-state index in [0.717, 1.165) is 0 Å². The van der Waals surface area contributed by atoms with Crippen molar-refractivity contribution >= 4 is 17.8 Å². The van der Waals surface area contributed by atoms with Crippen LogP contribution < -0.4 is 5.32 Å². The number of carbonyl (C=O) groups is 3. The Hall–Kier alpha value is -1.63. The summed E-state index contributed by atoms with van der Waals surface area (Å²) >= 11 is 0. The van der Waals surface area contributed by atoms with E-state index in [1.807, 2.05) is 0 Å². The number of hydrogen-bond acceptors (Lipinski definition) is 4. The minimum Gasteiger partial charge on any atom is -0.481 e. The molecule has 2 unspecified atom stereocenters. The van der Waals surface area contributed by atoms with Gasteiger partial charge in [-0.25, -0.2) is 0 Å². The number of hydrogen-bond donors (Lipinski definition) is 2. The minimum atomic E-state index is -0.932. The summed E-state index contributed by atoms with van der Waals surface area (Å²) in [5, 5.41) is 11.9. The maximum Gasteiger partial charge on any atom is 0.307 e. The lowest BCUT2D eigenvalue weighted by molar-refractivity contribution is -0.141. The van der Waals surface area contributed by atoms with Crippen molar-refractivity contribution in [2.75, 3.05) is 20.6 Å². The summed E-state index contributed by atoms with van der Waals surface area (Å²) in [5.41, 5.74) is -0.504. The van der Waals surface area contributed by atoms with Crippen LogP contribution in [0.2, 0.25) is 0 Å². The number of rotatable bonds is 5. The van der Waals surface area contributed by atoms with Crippen LogP contribution in [-0.4, -0.2) is 60.6 Å². The molecule has 2 N–H and O–H groups in total. The average molecular weight is 312 g/mol. The zero-order valence-electron chi connectivity index (χ0n) is 13.5. The summed E-state index contributed by atoms with van der Waals surface area (Å²) in [5.74, 6) is -2.36. The Labute approximate surface area is 130 Å². The number of carbonyl (C=O) groups excluding carboxylic acids is 2. The van der Waals surface area contributed by atoms with Crippen molar-refractivity contribution in [2.24, 2.45) is 17.3 Å². The van der Waals surface area contributed by atoms with Gasteiger partial charge in [-0.1, -0.05) is 13.8 Å². The monoisotopic (exact) mass is 312 g/mol. The summed E-state index contributed by atoms with van der Waals surface area (Å²) in [6.45, 7) is 3.89. The number of likely N-dealkylation sites (N-methyl/N-ethyl adjacent to an activating group) is 1. The van der Waals surface area contributed by atoms with Crippen LogP contribution in [0.25, 0.3) is 0 Å². The molecular weight excluding hydrogens is 288 g/mol. The second-order valence-electron chi connectivity index (χ2n) is 6.92. The minimum absolute atomic E-state index is 0.0666. The van der Waals surface area contributed by atoms with Crippen molar-refractivity contribution in [1.29, 1.82) is 0 Å². The molecule has 1 saturated heterocycles. The van der Waals surface area contributed by atoms with Gasteiger partial charge in [-0.15, -0.1) is 0 Å². The van der Waals surface area contributed by atoms with E-state index in [1.165, 1.54) is 4.90 Å². The van der Waals surface area contributed by atoms with Crippen LogP contribution in [0.1, 0.15) is 26.7 Å². The number of carboxylic acid groups (broad SMARTS) is 1. The number of ether oxygens (including phenoxy) is 1. The fourth-order valence-corrected chi connectivity index (χ4v) is 3.24. The Morgan fingerprint density at radius 3 is 2.36 bits per heavy atom. The predicted octanol–water partition coefficient (Wildman–Crippen LogP) is 0.0952. The highest BCUT2D eigenvalue weighted by atomic mass is 16.5. The standard InChI is InChI=1S/C15H24N2O5/c1-15(2)10(11(15)14(20)21)12(18)16-7-8-5-6-9(22-8)13(19)17(3)4/h8-11H,5-7H2,1-4H3,(H,16,18)(H,20,21)/t8?,9?,10-,11+/m0/s1. The summed E-state index contributed by atoms with van der Waals surface area (Å²) in [4.78, 5) is 36.5. The molecule has 0 aromatic rings. The predicted molar refractivity (Wildman–Crippen MR) is 78.0 cm³/mol. The van der Waals surface area contributed by atoms with Gasteiger partial charge in [0.15, 0.2) is 0 Å². The number of nitrogens with one attached hydrogen (secondary N) is 1. The molecule has 7 heteroatoms. The van der Waals surface area contributed by atoms with E-state index < -0.39 is 29.3 Å². The SMILES string of the molecule is CN(C)C(=O)C1CCC(CNC(=O)[C@@H]2[C@H](C(=O)O)C2(C)C)O1. The van der Waals surface area contributed by atoms with Crippen LogP contribution in [-0.2, 0) is 19.1 Å². The van der Waals surface area contributed by atoms with Crippen LogP contribution in [0.3, 0.4) is 0 Å². The number of amides is 2. The molecule has 2 aliphatic rings. The van der Waals surface area contributed by atoms with Crippen LogP contribution in [0.5, 0.6) is 0 Å². The largest absolute Gasteiger partial charge is 0.481 e. The maximum absolute atomic E-state index is 12.1. The molecule has 124 valence electrons. The van der Waals surface area contributed by atoms with Gasteiger partial charge in [0.2, 0.25) is 5.91 Å². The van der Waals surface area contributed by atoms with Crippen LogP contribution >= 0.6 is 0 Å². The number of aliphatic carboxylic acids is 1. The highest BCUT2D eigenvalue weighted by Gasteiger charge is 2.65. The summed E-state index contributed by atoms with van der Waals surface area (Å²) < 4.78 is 5.64. The molecule has 1 saturated carbocycles. The highest BCUT2D eigenvalue weighted by Crippen LogP contribution is 2.58. The molecule has 1 aliphatic carbocycles. The lowest BCUT2D eigenvalue weighted by Crippen LogP contribution is -2.37. The van der Waals surface area contributed by atoms with Gasteiger partial charge in [0, 0.05) is 20.6 Å². The molecule has 4 atom stereocenters. The second-order valence-corrected chi connectivity index (χ2v) is 6.92. The van der Waals surface area contributed by atoms with E-state index >= 15 is 0 Å². The van der Waals surface area contributed by atoms with E-state index in [-0.39, 0.29) is 17.9 Å². The summed E-state index contributed by atoms with van der Waals surface area (Å²) in [6, 6.07) is 0. The molecule has 0 aromatic carbocycles. The Morgan fingerprint density at radius 1 is 1.23 bits per heavy atom. The van der Waals surface area contributed by atoms with E-state index in [1.54, 1.807) is 27.9 Å². The summed E-state index contributed by atoms with van der Waals surface area (Å²) in [6.07, 6.45) is 0.717. The van der Waals surface area contributed by atoms with Gasteiger partial charge < -0.3 is 20.1 Å². The van der Waals surface area contributed by atoms with Gasteiger partial charge in [0.05, 0.1) is 17.9 Å². The lowest BCUT2D eigenvalue weighted by atomic mass is 10.1. The van der Waals surface area contributed by atoms with Crippen molar-refractivity contribution in [3.05, 3.63) is 0 Å². The number of carboxylic acids is 1. The third kappa shape index (κ3) is 3.09. The van der Waals surface area contributed by atoms with Crippen molar-refractivity contribution in [1.82, 2.24) is 10.2 Å². The van der Waals surface area contributed by atoms with Crippen LogP contribution in [0.15, 0.2) is 0 Å². The normalized spacial score (nSPS) is 32.4. The van der Waals surface area contributed by atoms with E-state index in [2.05, 4.69) is 5.32 Å². The Bertz CT molecular complexity index is 488. The van der Waals surface area contributed by atoms with Crippen molar-refractivity contribution in [3.8, 4) is 0 Å². The average Bonchev–Trinajstić information content (AvgIpc) is 2.80. The molecular formula is C15H24N2O5. The first kappa shape index (κ1) is 16.7. The highest BCUT2D eigenvalue weighted by molar-refractivity contribution is 5.91. The van der Waals surface area contributed by atoms with E-state index in [4.69, 9.17) is 9.84 Å². The topological polar surface area (TPSA) is 95.9 Å². The zero-order chi connectivity index (χ0) is 16.7. The fourth-order valence-electron chi connectivity index (χ4n) is 3.24. The van der Waals surface area contributed by atoms with Gasteiger partial charge in [0.25, 0.3) is 5.91 Å². The maximum atomic E-state index is 12.1. The first-order valence-electron chi connectivity index (χ1n) is 7.53. The fraction of sp³-hybridized carbons (Fsp3) is 0.800. The third-order valence-corrected chi connectivity index (χ3v) is 4.70. The van der Waals surface area contributed by atoms with Gasteiger partial charge in [-0.05, 0) is 18.3 Å². The second kappa shape index (κ2) is 5.87. The molecule has 0 bridgehead atoms. The molecule has 1 aliphatic heterocycles. The Morgan fingerprint density at radius 2 is 1.86 bits per heavy atom. The first-order chi connectivity index (χ1) is 10.2. The van der Waals surface area contributed by atoms with Gasteiger partial charge >= 0.3 is 5.97 Å². The van der Waals surface area contributed by atoms with Gasteiger partial charge in [0.1, 0.15) is 6.10 Å². The Balaban J connectivity index is 1.79. The molecule has 1 heterocycles. The summed E-state index contributed by atoms with van der Waals surface area (Å²) in [7, 11) is 3.37. The molecule has 0 aromatic heterocycles. The third-order valence-electron chi connectivity index (χ3n) is 4.70. The molecule has 2 fully saturated rings. The smallest absolute Gasteiger partial charge is 0.307 e. The van der Waals surface area contributed by atoms with Crippen molar-refractivity contribution in [2.45, 2.75) is 38.9 Å². The van der Waals surface area contributed by atoms with Gasteiger partial charge in [-0.2, -0.15) is 0 Å². The van der Waals surface area contributed by atoms with E-state index in [9.17, 15) is 14.4 Å². The van der Waals surface area contributed by atoms with Crippen molar-refractivity contribution in [3.63, 3.8) is 0 Å².